The van der Waals surface area contributed by atoms with Gasteiger partial charge in [0, 0.05) is 6.20 Å². The summed E-state index contributed by atoms with van der Waals surface area (Å²) in [5.74, 6) is 0. The number of aryl methyl sites for hydroxylation is 1. The Morgan fingerprint density at radius 1 is 1.46 bits per heavy atom. The number of pyridine rings is 1. The molecule has 0 saturated carbocycles. The van der Waals surface area contributed by atoms with Gasteiger partial charge in [0.15, 0.2) is 5.65 Å². The first-order chi connectivity index (χ1) is 6.31. The third kappa shape index (κ3) is 1.40. The molecule has 0 aliphatic heterocycles. The van der Waals surface area contributed by atoms with E-state index in [0.717, 1.165) is 11.1 Å². The summed E-state index contributed by atoms with van der Waals surface area (Å²) in [4.78, 5) is 8.24. The van der Waals surface area contributed by atoms with Gasteiger partial charge < -0.3 is 4.57 Å². The zero-order valence-corrected chi connectivity index (χ0v) is 7.40. The summed E-state index contributed by atoms with van der Waals surface area (Å²) < 4.78 is 1.84. The minimum absolute atomic E-state index is 0.126. The predicted molar refractivity (Wildman–Crippen MR) is 47.8 cm³/mol. The van der Waals surface area contributed by atoms with Crippen molar-refractivity contribution in [1.82, 2.24) is 14.5 Å². The second-order valence-corrected chi connectivity index (χ2v) is 3.00. The number of hydrogen-bond acceptors (Lipinski definition) is 2. The summed E-state index contributed by atoms with van der Waals surface area (Å²) in [6.45, 7) is 2.31. The molecule has 2 rings (SSSR count). The van der Waals surface area contributed by atoms with Crippen LogP contribution in [0, 0.1) is 6.92 Å². The van der Waals surface area contributed by atoms with Crippen LogP contribution in [0.15, 0.2) is 18.6 Å². The van der Waals surface area contributed by atoms with Crippen LogP contribution in [0.1, 0.15) is 5.56 Å². The van der Waals surface area contributed by atoms with Gasteiger partial charge in [-0.05, 0) is 18.6 Å². The fourth-order valence-corrected chi connectivity index (χ4v) is 1.32. The fraction of sp³-hybridized carbons (Fsp3) is 0.333. The Morgan fingerprint density at radius 2 is 2.31 bits per heavy atom. The van der Waals surface area contributed by atoms with Crippen LogP contribution in [0.2, 0.25) is 0 Å². The molecule has 4 heteroatoms. The number of imidazole rings is 1. The molecule has 0 N–H and O–H groups in total. The average Bonchev–Trinajstić information content (AvgIpc) is 2.49. The summed E-state index contributed by atoms with van der Waals surface area (Å²) in [7, 11) is 0. The monoisotopic (exact) mass is 176 g/mol. The highest BCUT2D eigenvalue weighted by atomic mass is 16.3. The quantitative estimate of drug-likeness (QED) is 0.689. The van der Waals surface area contributed by atoms with Crippen LogP contribution in [-0.2, 0) is 11.7 Å². The molecule has 0 aliphatic rings. The molecule has 1 radical (unpaired) electrons. The lowest BCUT2D eigenvalue weighted by Crippen LogP contribution is -1.99. The molecule has 2 aromatic rings. The van der Waals surface area contributed by atoms with Gasteiger partial charge in [-0.2, -0.15) is 0 Å². The van der Waals surface area contributed by atoms with Gasteiger partial charge in [-0.1, -0.05) is 0 Å². The summed E-state index contributed by atoms with van der Waals surface area (Å²) in [5, 5.41) is 10.5. The number of hydrogen-bond donors (Lipinski definition) is 0. The zero-order valence-electron chi connectivity index (χ0n) is 7.40. The topological polar surface area (TPSA) is 50.6 Å². The van der Waals surface area contributed by atoms with E-state index < -0.39 is 0 Å². The molecule has 0 amide bonds. The molecule has 2 heterocycles. The normalized spacial score (nSPS) is 10.9. The summed E-state index contributed by atoms with van der Waals surface area (Å²) in [6.07, 6.45) is 3.44. The minimum Gasteiger partial charge on any atom is -0.327 e. The van der Waals surface area contributed by atoms with Crippen LogP contribution >= 0.6 is 0 Å². The minimum atomic E-state index is -0.126. The molecular weight excluding hydrogens is 166 g/mol. The maximum absolute atomic E-state index is 10.5. The number of rotatable bonds is 2. The molecule has 0 unspecified atom stereocenters. The van der Waals surface area contributed by atoms with E-state index in [9.17, 15) is 5.11 Å². The third-order valence-corrected chi connectivity index (χ3v) is 1.94. The first-order valence-corrected chi connectivity index (χ1v) is 4.17. The number of aromatic nitrogens is 3. The van der Waals surface area contributed by atoms with E-state index in [2.05, 4.69) is 9.97 Å². The Kier molecular flexibility index (Phi) is 1.98. The van der Waals surface area contributed by atoms with Crippen LogP contribution in [-0.4, -0.2) is 21.1 Å². The van der Waals surface area contributed by atoms with E-state index in [0.29, 0.717) is 12.2 Å². The highest BCUT2D eigenvalue weighted by Crippen LogP contribution is 2.11. The van der Waals surface area contributed by atoms with E-state index >= 15 is 0 Å². The lowest BCUT2D eigenvalue weighted by atomic mass is 10.3. The molecule has 0 aliphatic carbocycles. The molecular formula is C9H10N3O. The van der Waals surface area contributed by atoms with E-state index in [1.165, 1.54) is 0 Å². The Morgan fingerprint density at radius 3 is 3.08 bits per heavy atom. The lowest BCUT2D eigenvalue weighted by Gasteiger charge is -1.99. The highest BCUT2D eigenvalue weighted by molar-refractivity contribution is 5.71. The second-order valence-electron chi connectivity index (χ2n) is 3.00. The number of fused-ring (bicyclic) bond motifs is 1. The molecule has 13 heavy (non-hydrogen) atoms. The fourth-order valence-electron chi connectivity index (χ4n) is 1.32. The van der Waals surface area contributed by atoms with E-state index in [1.54, 1.807) is 12.5 Å². The van der Waals surface area contributed by atoms with Gasteiger partial charge in [0.05, 0.1) is 18.4 Å². The van der Waals surface area contributed by atoms with Gasteiger partial charge in [-0.25, -0.2) is 15.1 Å². The van der Waals surface area contributed by atoms with Crippen molar-refractivity contribution < 1.29 is 5.11 Å². The van der Waals surface area contributed by atoms with Gasteiger partial charge >= 0.3 is 0 Å². The number of nitrogens with zero attached hydrogens (tertiary/aromatic N) is 3. The van der Waals surface area contributed by atoms with Gasteiger partial charge in [0.25, 0.3) is 0 Å². The molecule has 0 spiro atoms. The van der Waals surface area contributed by atoms with Crippen molar-refractivity contribution in [3.63, 3.8) is 0 Å². The molecule has 4 nitrogen and oxygen atoms in total. The van der Waals surface area contributed by atoms with Gasteiger partial charge in [0.2, 0.25) is 0 Å². The maximum Gasteiger partial charge on any atom is 0.177 e. The van der Waals surface area contributed by atoms with Crippen molar-refractivity contribution in [3.8, 4) is 0 Å². The van der Waals surface area contributed by atoms with E-state index in [4.69, 9.17) is 0 Å². The van der Waals surface area contributed by atoms with Crippen LogP contribution in [0.4, 0.5) is 0 Å². The average molecular weight is 176 g/mol. The first kappa shape index (κ1) is 8.19. The Balaban J connectivity index is 2.58. The van der Waals surface area contributed by atoms with Gasteiger partial charge in [0.1, 0.15) is 6.61 Å². The standard InChI is InChI=1S/C9H10N3O/c1-7-4-8-9(10-5-7)11-6-12(8)2-3-13/h4-6H,2-3H2,1H3. The van der Waals surface area contributed by atoms with Crippen molar-refractivity contribution >= 4 is 11.2 Å². The van der Waals surface area contributed by atoms with Crippen LogP contribution in [0.3, 0.4) is 0 Å². The van der Waals surface area contributed by atoms with Crippen molar-refractivity contribution in [3.05, 3.63) is 24.2 Å². The predicted octanol–water partition coefficient (Wildman–Crippen LogP) is 1.17. The SMILES string of the molecule is Cc1cnc2ncn(CC[O])c2c1. The van der Waals surface area contributed by atoms with Crippen LogP contribution in [0.25, 0.3) is 11.2 Å². The summed E-state index contributed by atoms with van der Waals surface area (Å²) >= 11 is 0. The van der Waals surface area contributed by atoms with Gasteiger partial charge in [-0.15, -0.1) is 0 Å². The molecule has 67 valence electrons. The smallest absolute Gasteiger partial charge is 0.177 e. The first-order valence-electron chi connectivity index (χ1n) is 4.17. The third-order valence-electron chi connectivity index (χ3n) is 1.94. The molecule has 0 aromatic carbocycles. The maximum atomic E-state index is 10.5. The largest absolute Gasteiger partial charge is 0.327 e. The summed E-state index contributed by atoms with van der Waals surface area (Å²) in [6, 6.07) is 1.99. The molecule has 0 bridgehead atoms. The Hall–Kier alpha value is -1.42. The molecule has 0 saturated heterocycles. The zero-order chi connectivity index (χ0) is 9.26. The molecule has 2 aromatic heterocycles. The van der Waals surface area contributed by atoms with Gasteiger partial charge in [-0.3, -0.25) is 0 Å². The van der Waals surface area contributed by atoms with E-state index in [1.807, 2.05) is 17.6 Å². The van der Waals surface area contributed by atoms with E-state index in [-0.39, 0.29) is 6.61 Å². The van der Waals surface area contributed by atoms with Crippen molar-refractivity contribution in [1.29, 1.82) is 0 Å². The molecule has 0 atom stereocenters. The molecule has 0 fully saturated rings. The van der Waals surface area contributed by atoms with Crippen LogP contribution < -0.4 is 0 Å². The van der Waals surface area contributed by atoms with Crippen molar-refractivity contribution in [2.24, 2.45) is 0 Å². The highest BCUT2D eigenvalue weighted by Gasteiger charge is 2.02. The van der Waals surface area contributed by atoms with Crippen molar-refractivity contribution in [2.75, 3.05) is 6.61 Å². The van der Waals surface area contributed by atoms with Crippen molar-refractivity contribution in [2.45, 2.75) is 13.5 Å². The second kappa shape index (κ2) is 3.14. The Bertz CT molecular complexity index is 422. The Labute approximate surface area is 75.9 Å². The lowest BCUT2D eigenvalue weighted by molar-refractivity contribution is 0.182. The summed E-state index contributed by atoms with van der Waals surface area (Å²) in [5.41, 5.74) is 2.73. The van der Waals surface area contributed by atoms with Crippen LogP contribution in [0.5, 0.6) is 0 Å².